The lowest BCUT2D eigenvalue weighted by molar-refractivity contribution is 1.11. The molecule has 2 aliphatic rings. The minimum atomic E-state index is 0.731. The van der Waals surface area contributed by atoms with Crippen LogP contribution in [0.15, 0.2) is 42.6 Å². The van der Waals surface area contributed by atoms with Crippen molar-refractivity contribution in [1.82, 2.24) is 15.2 Å². The van der Waals surface area contributed by atoms with Gasteiger partial charge in [-0.2, -0.15) is 0 Å². The molecule has 16 heavy (non-hydrogen) atoms. The van der Waals surface area contributed by atoms with Gasteiger partial charge in [0.15, 0.2) is 5.65 Å². The molecule has 0 saturated carbocycles. The molecule has 0 spiro atoms. The normalized spacial score (nSPS) is 11.8. The Morgan fingerprint density at radius 1 is 0.812 bits per heavy atom. The molecule has 74 valence electrons. The maximum Gasteiger partial charge on any atom is 0.184 e. The first-order valence-corrected chi connectivity index (χ1v) is 5.16. The number of aromatic nitrogens is 3. The second kappa shape index (κ2) is 2.64. The smallest absolute Gasteiger partial charge is 0.184 e. The molecule has 1 aromatic heterocycles. The van der Waals surface area contributed by atoms with E-state index in [9.17, 15) is 0 Å². The van der Waals surface area contributed by atoms with Crippen molar-refractivity contribution in [3.05, 3.63) is 42.6 Å². The van der Waals surface area contributed by atoms with Gasteiger partial charge in [0, 0.05) is 17.0 Å². The molecule has 4 rings (SSSR count). The second-order valence-corrected chi connectivity index (χ2v) is 3.88. The zero-order valence-corrected chi connectivity index (χ0v) is 8.38. The molecule has 2 heterocycles. The van der Waals surface area contributed by atoms with Crippen molar-refractivity contribution < 1.29 is 0 Å². The number of hydrogen-bond acceptors (Lipinski definition) is 3. The van der Waals surface area contributed by atoms with Crippen molar-refractivity contribution in [1.29, 1.82) is 0 Å². The Morgan fingerprint density at radius 3 is 2.56 bits per heavy atom. The summed E-state index contributed by atoms with van der Waals surface area (Å²) in [6.45, 7) is 0. The molecule has 0 saturated heterocycles. The first-order valence-electron chi connectivity index (χ1n) is 5.16. The summed E-state index contributed by atoms with van der Waals surface area (Å²) in [5, 5.41) is 11.8. The number of benzene rings is 1. The van der Waals surface area contributed by atoms with Gasteiger partial charge in [-0.25, -0.2) is 4.98 Å². The van der Waals surface area contributed by atoms with E-state index in [1.54, 1.807) is 0 Å². The van der Waals surface area contributed by atoms with Crippen LogP contribution in [0.25, 0.3) is 33.1 Å². The molecule has 0 radical (unpaired) electrons. The van der Waals surface area contributed by atoms with Gasteiger partial charge in [-0.05, 0) is 11.5 Å². The molecule has 1 aliphatic carbocycles. The lowest BCUT2D eigenvalue weighted by Gasteiger charge is -2.02. The predicted octanol–water partition coefficient (Wildman–Crippen LogP) is 2.72. The molecule has 1 aliphatic heterocycles. The Bertz CT molecular complexity index is 763. The lowest BCUT2D eigenvalue weighted by Crippen LogP contribution is -1.82. The van der Waals surface area contributed by atoms with Gasteiger partial charge in [0.05, 0.1) is 11.3 Å². The summed E-state index contributed by atoms with van der Waals surface area (Å²) in [5.74, 6) is 0. The zero-order valence-electron chi connectivity index (χ0n) is 8.38. The predicted molar refractivity (Wildman–Crippen MR) is 62.6 cm³/mol. The third kappa shape index (κ3) is 0.852. The van der Waals surface area contributed by atoms with Crippen LogP contribution in [0, 0.1) is 0 Å². The van der Waals surface area contributed by atoms with Crippen molar-refractivity contribution >= 4 is 21.8 Å². The first-order chi connectivity index (χ1) is 7.93. The van der Waals surface area contributed by atoms with Crippen molar-refractivity contribution in [2.24, 2.45) is 0 Å². The third-order valence-corrected chi connectivity index (χ3v) is 2.97. The van der Waals surface area contributed by atoms with Gasteiger partial charge < -0.3 is 0 Å². The van der Waals surface area contributed by atoms with Gasteiger partial charge in [0.25, 0.3) is 0 Å². The summed E-state index contributed by atoms with van der Waals surface area (Å²) < 4.78 is 0. The molecule has 0 amide bonds. The molecule has 0 fully saturated rings. The summed E-state index contributed by atoms with van der Waals surface area (Å²) in [4.78, 5) is 4.33. The summed E-state index contributed by atoms with van der Waals surface area (Å²) in [6.07, 6.45) is 1.86. The Hall–Kier alpha value is -2.29. The van der Waals surface area contributed by atoms with Gasteiger partial charge in [0.2, 0.25) is 0 Å². The van der Waals surface area contributed by atoms with Crippen LogP contribution >= 0.6 is 0 Å². The summed E-state index contributed by atoms with van der Waals surface area (Å²) in [6, 6.07) is 12.3. The van der Waals surface area contributed by atoms with Crippen LogP contribution < -0.4 is 0 Å². The Kier molecular flexibility index (Phi) is 1.31. The van der Waals surface area contributed by atoms with Crippen LogP contribution in [-0.2, 0) is 0 Å². The van der Waals surface area contributed by atoms with Crippen molar-refractivity contribution in [3.8, 4) is 11.3 Å². The fraction of sp³-hybridized carbons (Fsp3) is 0. The van der Waals surface area contributed by atoms with Crippen molar-refractivity contribution in [3.63, 3.8) is 0 Å². The SMILES string of the molecule is c1cc2nnc3ncc4cccc(c1)c4c3-2. The van der Waals surface area contributed by atoms with E-state index >= 15 is 0 Å². The molecule has 2 aromatic rings. The van der Waals surface area contributed by atoms with Gasteiger partial charge in [-0.3, -0.25) is 0 Å². The monoisotopic (exact) mass is 205 g/mol. The van der Waals surface area contributed by atoms with E-state index in [0.29, 0.717) is 0 Å². The molecule has 3 heteroatoms. The van der Waals surface area contributed by atoms with E-state index in [-0.39, 0.29) is 0 Å². The average molecular weight is 205 g/mol. The molecule has 3 nitrogen and oxygen atoms in total. The van der Waals surface area contributed by atoms with E-state index in [4.69, 9.17) is 0 Å². The highest BCUT2D eigenvalue weighted by molar-refractivity contribution is 6.11. The molecule has 0 bridgehead atoms. The summed E-state index contributed by atoms with van der Waals surface area (Å²) in [5.41, 5.74) is 2.71. The van der Waals surface area contributed by atoms with Crippen molar-refractivity contribution in [2.45, 2.75) is 0 Å². The van der Waals surface area contributed by atoms with E-state index < -0.39 is 0 Å². The Morgan fingerprint density at radius 2 is 1.62 bits per heavy atom. The standard InChI is InChI=1S/C13H7N3/c1-3-8-4-2-6-10-12-11(8)9(5-1)7-14-13(12)16-15-10/h1-7H. The van der Waals surface area contributed by atoms with Crippen LogP contribution in [0.2, 0.25) is 0 Å². The molecule has 0 N–H and O–H groups in total. The van der Waals surface area contributed by atoms with Gasteiger partial charge in [-0.1, -0.05) is 30.3 Å². The van der Waals surface area contributed by atoms with Crippen LogP contribution in [0.1, 0.15) is 0 Å². The van der Waals surface area contributed by atoms with Crippen molar-refractivity contribution in [2.75, 3.05) is 0 Å². The topological polar surface area (TPSA) is 38.7 Å². The minimum Gasteiger partial charge on any atom is -0.234 e. The first kappa shape index (κ1) is 7.93. The number of hydrogen-bond donors (Lipinski definition) is 0. The Balaban J connectivity index is 2.44. The van der Waals surface area contributed by atoms with Crippen LogP contribution in [0.4, 0.5) is 0 Å². The molecular weight excluding hydrogens is 198 g/mol. The van der Waals surface area contributed by atoms with E-state index in [2.05, 4.69) is 33.4 Å². The molecule has 0 unspecified atom stereocenters. The maximum absolute atomic E-state index is 4.33. The number of nitrogens with zero attached hydrogens (tertiary/aromatic N) is 3. The van der Waals surface area contributed by atoms with Crippen LogP contribution in [-0.4, -0.2) is 15.2 Å². The second-order valence-electron chi connectivity index (χ2n) is 3.88. The summed E-state index contributed by atoms with van der Waals surface area (Å²) >= 11 is 0. The fourth-order valence-electron chi connectivity index (χ4n) is 2.26. The maximum atomic E-state index is 4.33. The molecular formula is C13H7N3. The van der Waals surface area contributed by atoms with Crippen LogP contribution in [0.5, 0.6) is 0 Å². The van der Waals surface area contributed by atoms with E-state index in [1.165, 1.54) is 10.8 Å². The van der Waals surface area contributed by atoms with Crippen LogP contribution in [0.3, 0.4) is 0 Å². The zero-order chi connectivity index (χ0) is 10.5. The highest BCUT2D eigenvalue weighted by Gasteiger charge is 2.15. The minimum absolute atomic E-state index is 0.731. The fourth-order valence-corrected chi connectivity index (χ4v) is 2.26. The number of pyridine rings is 1. The highest BCUT2D eigenvalue weighted by atomic mass is 15.2. The highest BCUT2D eigenvalue weighted by Crippen LogP contribution is 2.34. The number of rotatable bonds is 0. The average Bonchev–Trinajstić information content (AvgIpc) is 2.64. The summed E-state index contributed by atoms with van der Waals surface area (Å²) in [7, 11) is 0. The van der Waals surface area contributed by atoms with Gasteiger partial charge in [-0.15, -0.1) is 10.2 Å². The molecule has 0 atom stereocenters. The molecule has 1 aromatic carbocycles. The Labute approximate surface area is 91.4 Å². The van der Waals surface area contributed by atoms with E-state index in [1.807, 2.05) is 24.4 Å². The quantitative estimate of drug-likeness (QED) is 0.443. The third-order valence-electron chi connectivity index (χ3n) is 2.97. The van der Waals surface area contributed by atoms with Gasteiger partial charge in [0.1, 0.15) is 0 Å². The van der Waals surface area contributed by atoms with E-state index in [0.717, 1.165) is 22.3 Å². The lowest BCUT2D eigenvalue weighted by atomic mass is 10.0. The van der Waals surface area contributed by atoms with Gasteiger partial charge >= 0.3 is 0 Å². The largest absolute Gasteiger partial charge is 0.234 e.